The highest BCUT2D eigenvalue weighted by atomic mass is 32.2. The van der Waals surface area contributed by atoms with Crippen molar-refractivity contribution in [3.63, 3.8) is 0 Å². The lowest BCUT2D eigenvalue weighted by Crippen LogP contribution is -2.53. The molecule has 118 valence electrons. The predicted octanol–water partition coefficient (Wildman–Crippen LogP) is 1.57. The fourth-order valence-electron chi connectivity index (χ4n) is 3.41. The Morgan fingerprint density at radius 2 is 1.55 bits per heavy atom. The van der Waals surface area contributed by atoms with Crippen molar-refractivity contribution in [2.75, 3.05) is 33.7 Å². The molecule has 0 spiro atoms. The molecule has 0 radical (unpaired) electrons. The molecule has 6 heteroatoms. The predicted molar refractivity (Wildman–Crippen MR) is 81.8 cm³/mol. The second-order valence-corrected chi connectivity index (χ2v) is 8.22. The largest absolute Gasteiger partial charge is 0.302 e. The summed E-state index contributed by atoms with van der Waals surface area (Å²) in [6.07, 6.45) is 8.83. The first-order valence-electron chi connectivity index (χ1n) is 7.88. The Kier molecular flexibility index (Phi) is 5.45. The van der Waals surface area contributed by atoms with Gasteiger partial charge in [-0.15, -0.1) is 0 Å². The van der Waals surface area contributed by atoms with Gasteiger partial charge >= 0.3 is 0 Å². The molecule has 1 N–H and O–H groups in total. The maximum Gasteiger partial charge on any atom is 0.279 e. The zero-order valence-electron chi connectivity index (χ0n) is 12.9. The maximum absolute atomic E-state index is 12.5. The third kappa shape index (κ3) is 3.72. The van der Waals surface area contributed by atoms with E-state index in [-0.39, 0.29) is 5.54 Å². The number of likely N-dealkylation sites (N-methyl/N-ethyl adjacent to an activating group) is 1. The summed E-state index contributed by atoms with van der Waals surface area (Å²) in [6, 6.07) is 0. The van der Waals surface area contributed by atoms with Crippen molar-refractivity contribution in [1.82, 2.24) is 13.9 Å². The van der Waals surface area contributed by atoms with Gasteiger partial charge in [0.15, 0.2) is 0 Å². The molecule has 5 nitrogen and oxygen atoms in total. The standard InChI is InChI=1S/C14H29N3O2S/c1-16(2)14(9-5-6-10-14)13-15-20(18,19)17-11-7-3-4-8-12-17/h15H,3-13H2,1-2H3. The minimum Gasteiger partial charge on any atom is -0.302 e. The zero-order chi connectivity index (χ0) is 14.6. The van der Waals surface area contributed by atoms with Crippen LogP contribution >= 0.6 is 0 Å². The Morgan fingerprint density at radius 3 is 2.05 bits per heavy atom. The molecule has 0 amide bonds. The molecule has 0 atom stereocenters. The lowest BCUT2D eigenvalue weighted by atomic mass is 9.97. The van der Waals surface area contributed by atoms with Gasteiger partial charge in [0, 0.05) is 25.2 Å². The normalized spacial score (nSPS) is 24.9. The van der Waals surface area contributed by atoms with E-state index in [2.05, 4.69) is 23.7 Å². The number of nitrogens with zero attached hydrogens (tertiary/aromatic N) is 2. The average molecular weight is 303 g/mol. The van der Waals surface area contributed by atoms with Gasteiger partial charge in [-0.3, -0.25) is 0 Å². The fraction of sp³-hybridized carbons (Fsp3) is 1.00. The van der Waals surface area contributed by atoms with Gasteiger partial charge in [0.05, 0.1) is 0 Å². The van der Waals surface area contributed by atoms with E-state index < -0.39 is 10.2 Å². The van der Waals surface area contributed by atoms with Gasteiger partial charge in [-0.05, 0) is 39.8 Å². The van der Waals surface area contributed by atoms with E-state index in [1.807, 2.05) is 0 Å². The quantitative estimate of drug-likeness (QED) is 0.839. The smallest absolute Gasteiger partial charge is 0.279 e. The van der Waals surface area contributed by atoms with Gasteiger partial charge in [-0.25, -0.2) is 4.72 Å². The highest BCUT2D eigenvalue weighted by Gasteiger charge is 2.37. The summed E-state index contributed by atoms with van der Waals surface area (Å²) in [7, 11) is 0.813. The number of hydrogen-bond donors (Lipinski definition) is 1. The molecular formula is C14H29N3O2S. The molecule has 2 fully saturated rings. The van der Waals surface area contributed by atoms with Crippen LogP contribution in [0.5, 0.6) is 0 Å². The highest BCUT2D eigenvalue weighted by Crippen LogP contribution is 2.33. The molecule has 0 aromatic carbocycles. The van der Waals surface area contributed by atoms with E-state index in [0.29, 0.717) is 19.6 Å². The van der Waals surface area contributed by atoms with Crippen LogP contribution in [0.1, 0.15) is 51.4 Å². The Morgan fingerprint density at radius 1 is 1.00 bits per heavy atom. The topological polar surface area (TPSA) is 52.7 Å². The second kappa shape index (κ2) is 6.73. The summed E-state index contributed by atoms with van der Waals surface area (Å²) < 4.78 is 29.4. The van der Waals surface area contributed by atoms with E-state index in [1.54, 1.807) is 4.31 Å². The van der Waals surface area contributed by atoms with E-state index in [9.17, 15) is 8.42 Å². The fourth-order valence-corrected chi connectivity index (χ4v) is 4.79. The van der Waals surface area contributed by atoms with Crippen LogP contribution in [0.2, 0.25) is 0 Å². The van der Waals surface area contributed by atoms with Gasteiger partial charge in [-0.1, -0.05) is 25.7 Å². The van der Waals surface area contributed by atoms with Gasteiger partial charge in [0.2, 0.25) is 0 Å². The molecule has 1 saturated carbocycles. The average Bonchev–Trinajstić information content (AvgIpc) is 2.71. The van der Waals surface area contributed by atoms with Crippen molar-refractivity contribution in [3.05, 3.63) is 0 Å². The maximum atomic E-state index is 12.5. The molecular weight excluding hydrogens is 274 g/mol. The van der Waals surface area contributed by atoms with Gasteiger partial charge in [-0.2, -0.15) is 12.7 Å². The molecule has 0 aromatic rings. The van der Waals surface area contributed by atoms with Crippen LogP contribution in [0.25, 0.3) is 0 Å². The van der Waals surface area contributed by atoms with Crippen LogP contribution in [0.15, 0.2) is 0 Å². The molecule has 20 heavy (non-hydrogen) atoms. The Balaban J connectivity index is 1.97. The van der Waals surface area contributed by atoms with E-state index in [4.69, 9.17) is 0 Å². The number of hydrogen-bond acceptors (Lipinski definition) is 3. The Labute approximate surface area is 123 Å². The van der Waals surface area contributed by atoms with E-state index >= 15 is 0 Å². The zero-order valence-corrected chi connectivity index (χ0v) is 13.7. The van der Waals surface area contributed by atoms with Gasteiger partial charge < -0.3 is 4.90 Å². The first kappa shape index (κ1) is 16.2. The minimum atomic E-state index is -3.31. The van der Waals surface area contributed by atoms with Crippen LogP contribution in [0, 0.1) is 0 Å². The van der Waals surface area contributed by atoms with Crippen molar-refractivity contribution in [2.24, 2.45) is 0 Å². The first-order chi connectivity index (χ1) is 9.46. The van der Waals surface area contributed by atoms with Crippen molar-refractivity contribution >= 4 is 10.2 Å². The molecule has 1 saturated heterocycles. The van der Waals surface area contributed by atoms with E-state index in [0.717, 1.165) is 38.5 Å². The minimum absolute atomic E-state index is 0.0128. The van der Waals surface area contributed by atoms with Crippen molar-refractivity contribution in [2.45, 2.75) is 56.9 Å². The second-order valence-electron chi connectivity index (χ2n) is 6.47. The molecule has 2 rings (SSSR count). The summed E-state index contributed by atoms with van der Waals surface area (Å²) in [5, 5.41) is 0. The van der Waals surface area contributed by atoms with Crippen LogP contribution in [0.4, 0.5) is 0 Å². The summed E-state index contributed by atoms with van der Waals surface area (Å²) in [6.45, 7) is 1.88. The summed E-state index contributed by atoms with van der Waals surface area (Å²) >= 11 is 0. The van der Waals surface area contributed by atoms with Gasteiger partial charge in [0.25, 0.3) is 10.2 Å². The van der Waals surface area contributed by atoms with Crippen molar-refractivity contribution in [1.29, 1.82) is 0 Å². The molecule has 1 aliphatic carbocycles. The molecule has 0 aromatic heterocycles. The number of rotatable bonds is 5. The number of nitrogens with one attached hydrogen (secondary N) is 1. The summed E-state index contributed by atoms with van der Waals surface area (Å²) in [5.74, 6) is 0. The SMILES string of the molecule is CN(C)C1(CNS(=O)(=O)N2CCCCCC2)CCCC1. The molecule has 0 unspecified atom stereocenters. The van der Waals surface area contributed by atoms with Crippen molar-refractivity contribution in [3.8, 4) is 0 Å². The summed E-state index contributed by atoms with van der Waals surface area (Å²) in [5.41, 5.74) is 0.0128. The Bertz CT molecular complexity index is 395. The molecule has 0 bridgehead atoms. The first-order valence-corrected chi connectivity index (χ1v) is 9.32. The lowest BCUT2D eigenvalue weighted by Gasteiger charge is -2.37. The Hall–Kier alpha value is -0.170. The van der Waals surface area contributed by atoms with Crippen LogP contribution in [-0.2, 0) is 10.2 Å². The summed E-state index contributed by atoms with van der Waals surface area (Å²) in [4.78, 5) is 2.20. The van der Waals surface area contributed by atoms with Crippen LogP contribution < -0.4 is 4.72 Å². The lowest BCUT2D eigenvalue weighted by molar-refractivity contribution is 0.161. The molecule has 2 aliphatic rings. The third-order valence-corrected chi connectivity index (χ3v) is 6.53. The molecule has 1 aliphatic heterocycles. The third-order valence-electron chi connectivity index (χ3n) is 4.97. The van der Waals surface area contributed by atoms with Crippen LogP contribution in [-0.4, -0.2) is 56.9 Å². The van der Waals surface area contributed by atoms with E-state index in [1.165, 1.54) is 12.8 Å². The van der Waals surface area contributed by atoms with Crippen LogP contribution in [0.3, 0.4) is 0 Å². The molecule has 1 heterocycles. The monoisotopic (exact) mass is 303 g/mol. The van der Waals surface area contributed by atoms with Crippen molar-refractivity contribution < 1.29 is 8.42 Å². The van der Waals surface area contributed by atoms with Gasteiger partial charge in [0.1, 0.15) is 0 Å². The highest BCUT2D eigenvalue weighted by molar-refractivity contribution is 7.87.